The summed E-state index contributed by atoms with van der Waals surface area (Å²) in [5.41, 5.74) is 5.69. The molecule has 0 aliphatic carbocycles. The van der Waals surface area contributed by atoms with Gasteiger partial charge in [-0.2, -0.15) is 0 Å². The second-order valence-electron chi connectivity index (χ2n) is 3.89. The van der Waals surface area contributed by atoms with Gasteiger partial charge in [0.05, 0.1) is 6.33 Å². The van der Waals surface area contributed by atoms with Crippen LogP contribution in [0.1, 0.15) is 16.1 Å². The van der Waals surface area contributed by atoms with E-state index in [0.717, 1.165) is 13.0 Å². The number of aromatic nitrogens is 3. The Morgan fingerprint density at radius 2 is 2.42 bits per heavy atom. The van der Waals surface area contributed by atoms with Crippen molar-refractivity contribution in [2.45, 2.75) is 13.0 Å². The minimum Gasteiger partial charge on any atom is -0.382 e. The number of nitrogen functional groups attached to an aromatic ring is 1. The van der Waals surface area contributed by atoms with Crippen molar-refractivity contribution in [3.05, 3.63) is 23.6 Å². The zero-order valence-electron chi connectivity index (χ0n) is 10.6. The van der Waals surface area contributed by atoms with E-state index in [-0.39, 0.29) is 11.7 Å². The quantitative estimate of drug-likeness (QED) is 0.679. The van der Waals surface area contributed by atoms with Gasteiger partial charge in [0.15, 0.2) is 5.13 Å². The second-order valence-corrected chi connectivity index (χ2v) is 4.89. The fourth-order valence-electron chi connectivity index (χ4n) is 1.56. The zero-order chi connectivity index (χ0) is 13.7. The number of rotatable bonds is 6. The number of carbonyl (C=O) groups is 1. The molecule has 0 saturated heterocycles. The molecule has 2 rings (SSSR count). The van der Waals surface area contributed by atoms with Gasteiger partial charge in [0.2, 0.25) is 0 Å². The van der Waals surface area contributed by atoms with Crippen molar-refractivity contribution in [1.29, 1.82) is 0 Å². The Kier molecular flexibility index (Phi) is 4.35. The van der Waals surface area contributed by atoms with Gasteiger partial charge in [0.1, 0.15) is 10.7 Å². The Labute approximate surface area is 114 Å². The molecular formula is C11H16N6OS. The highest BCUT2D eigenvalue weighted by Gasteiger charge is 2.14. The van der Waals surface area contributed by atoms with Crippen LogP contribution in [-0.4, -0.2) is 34.0 Å². The summed E-state index contributed by atoms with van der Waals surface area (Å²) >= 11 is 1.25. The fraction of sp³-hybridized carbons (Fsp3) is 0.364. The summed E-state index contributed by atoms with van der Waals surface area (Å²) in [5, 5.41) is 6.34. The van der Waals surface area contributed by atoms with Crippen LogP contribution < -0.4 is 16.4 Å². The molecule has 0 aromatic carbocycles. The van der Waals surface area contributed by atoms with Gasteiger partial charge >= 0.3 is 0 Å². The Morgan fingerprint density at radius 1 is 1.58 bits per heavy atom. The molecule has 0 spiro atoms. The lowest BCUT2D eigenvalue weighted by Gasteiger charge is -2.04. The largest absolute Gasteiger partial charge is 0.382 e. The van der Waals surface area contributed by atoms with Crippen LogP contribution in [0.4, 0.5) is 10.9 Å². The van der Waals surface area contributed by atoms with Crippen LogP contribution >= 0.6 is 11.3 Å². The van der Waals surface area contributed by atoms with E-state index >= 15 is 0 Å². The van der Waals surface area contributed by atoms with Crippen molar-refractivity contribution >= 4 is 28.2 Å². The van der Waals surface area contributed by atoms with Gasteiger partial charge in [0, 0.05) is 32.5 Å². The molecule has 0 aliphatic rings. The molecule has 2 aromatic rings. The van der Waals surface area contributed by atoms with E-state index in [9.17, 15) is 4.79 Å². The third kappa shape index (κ3) is 3.44. The number of nitrogens with zero attached hydrogens (tertiary/aromatic N) is 3. The summed E-state index contributed by atoms with van der Waals surface area (Å²) in [5.74, 6) is 0.0867. The van der Waals surface area contributed by atoms with Crippen LogP contribution in [0.25, 0.3) is 0 Å². The third-order valence-corrected chi connectivity index (χ3v) is 3.60. The van der Waals surface area contributed by atoms with E-state index in [4.69, 9.17) is 5.73 Å². The normalized spacial score (nSPS) is 10.4. The van der Waals surface area contributed by atoms with Crippen molar-refractivity contribution in [3.63, 3.8) is 0 Å². The average molecular weight is 280 g/mol. The minimum atomic E-state index is -0.179. The number of hydrogen-bond acceptors (Lipinski definition) is 6. The fourth-order valence-corrected chi connectivity index (χ4v) is 2.32. The number of carbonyl (C=O) groups excluding carboxylic acids is 1. The maximum atomic E-state index is 11.9. The van der Waals surface area contributed by atoms with E-state index in [1.807, 2.05) is 10.8 Å². The molecule has 7 nitrogen and oxygen atoms in total. The molecule has 102 valence electrons. The number of imidazole rings is 1. The number of thiazole rings is 1. The van der Waals surface area contributed by atoms with Crippen molar-refractivity contribution in [2.75, 3.05) is 24.6 Å². The van der Waals surface area contributed by atoms with Gasteiger partial charge in [-0.1, -0.05) is 11.3 Å². The highest BCUT2D eigenvalue weighted by molar-refractivity contribution is 7.18. The molecular weight excluding hydrogens is 264 g/mol. The lowest BCUT2D eigenvalue weighted by Crippen LogP contribution is -2.25. The summed E-state index contributed by atoms with van der Waals surface area (Å²) in [4.78, 5) is 20.3. The molecule has 0 saturated carbocycles. The van der Waals surface area contributed by atoms with Crippen molar-refractivity contribution in [3.8, 4) is 0 Å². The number of nitrogens with two attached hydrogens (primary N) is 1. The maximum absolute atomic E-state index is 11.9. The van der Waals surface area contributed by atoms with Gasteiger partial charge in [-0.15, -0.1) is 0 Å². The molecule has 8 heteroatoms. The topological polar surface area (TPSA) is 97.9 Å². The number of hydrogen-bond donors (Lipinski definition) is 3. The molecule has 1 amide bonds. The van der Waals surface area contributed by atoms with Crippen LogP contribution in [0.3, 0.4) is 0 Å². The van der Waals surface area contributed by atoms with Crippen LogP contribution in [0.5, 0.6) is 0 Å². The molecule has 0 radical (unpaired) electrons. The first-order chi connectivity index (χ1) is 9.20. The van der Waals surface area contributed by atoms with Crippen molar-refractivity contribution in [2.24, 2.45) is 0 Å². The number of nitrogens with one attached hydrogen (secondary N) is 2. The molecule has 0 aliphatic heterocycles. The van der Waals surface area contributed by atoms with Crippen LogP contribution in [0, 0.1) is 0 Å². The van der Waals surface area contributed by atoms with E-state index in [1.165, 1.54) is 11.3 Å². The Morgan fingerprint density at radius 3 is 3.05 bits per heavy atom. The van der Waals surface area contributed by atoms with Crippen LogP contribution in [0.15, 0.2) is 18.7 Å². The van der Waals surface area contributed by atoms with Gasteiger partial charge in [-0.3, -0.25) is 4.79 Å². The molecule has 19 heavy (non-hydrogen) atoms. The first-order valence-corrected chi connectivity index (χ1v) is 6.70. The lowest BCUT2D eigenvalue weighted by atomic mass is 10.4. The Hall–Kier alpha value is -2.09. The van der Waals surface area contributed by atoms with E-state index in [2.05, 4.69) is 20.6 Å². The predicted octanol–water partition coefficient (Wildman–Crippen LogP) is 0.784. The summed E-state index contributed by atoms with van der Waals surface area (Å²) in [6.07, 6.45) is 6.21. The third-order valence-electron chi connectivity index (χ3n) is 2.51. The smallest absolute Gasteiger partial charge is 0.265 e. The van der Waals surface area contributed by atoms with Gasteiger partial charge in [-0.25, -0.2) is 9.97 Å². The molecule has 2 heterocycles. The van der Waals surface area contributed by atoms with Crippen molar-refractivity contribution in [1.82, 2.24) is 19.9 Å². The molecule has 0 bridgehead atoms. The highest BCUT2D eigenvalue weighted by atomic mass is 32.1. The highest BCUT2D eigenvalue weighted by Crippen LogP contribution is 2.23. The summed E-state index contributed by atoms with van der Waals surface area (Å²) in [6, 6.07) is 0. The number of aryl methyl sites for hydroxylation is 1. The Balaban J connectivity index is 1.79. The standard InChI is InChI=1S/C11H16N6OS/c1-13-11-16-9(12)8(19-11)10(18)15-3-2-5-17-6-4-14-7-17/h4,6-7H,2-3,5,12H2,1H3,(H,13,16)(H,15,18). The monoisotopic (exact) mass is 280 g/mol. The zero-order valence-corrected chi connectivity index (χ0v) is 11.4. The minimum absolute atomic E-state index is 0.179. The molecule has 2 aromatic heterocycles. The van der Waals surface area contributed by atoms with E-state index in [0.29, 0.717) is 16.6 Å². The number of amides is 1. The summed E-state index contributed by atoms with van der Waals surface area (Å²) < 4.78 is 1.96. The van der Waals surface area contributed by atoms with E-state index in [1.54, 1.807) is 19.6 Å². The molecule has 0 unspecified atom stereocenters. The van der Waals surface area contributed by atoms with Crippen LogP contribution in [-0.2, 0) is 6.54 Å². The number of anilines is 2. The van der Waals surface area contributed by atoms with Gasteiger partial charge in [-0.05, 0) is 6.42 Å². The van der Waals surface area contributed by atoms with Crippen LogP contribution in [0.2, 0.25) is 0 Å². The first-order valence-electron chi connectivity index (χ1n) is 5.88. The average Bonchev–Trinajstić information content (AvgIpc) is 3.03. The van der Waals surface area contributed by atoms with Gasteiger partial charge in [0.25, 0.3) is 5.91 Å². The Bertz CT molecular complexity index is 535. The first kappa shape index (κ1) is 13.3. The molecule has 0 fully saturated rings. The van der Waals surface area contributed by atoms with Crippen molar-refractivity contribution < 1.29 is 4.79 Å². The summed E-state index contributed by atoms with van der Waals surface area (Å²) in [6.45, 7) is 1.41. The predicted molar refractivity (Wildman–Crippen MR) is 75.3 cm³/mol. The van der Waals surface area contributed by atoms with Gasteiger partial charge < -0.3 is 20.9 Å². The lowest BCUT2D eigenvalue weighted by molar-refractivity contribution is 0.0957. The SMILES string of the molecule is CNc1nc(N)c(C(=O)NCCCn2ccnc2)s1. The van der Waals surface area contributed by atoms with E-state index < -0.39 is 0 Å². The molecule has 4 N–H and O–H groups in total. The maximum Gasteiger partial charge on any atom is 0.265 e. The second kappa shape index (κ2) is 6.19. The molecule has 0 atom stereocenters. The summed E-state index contributed by atoms with van der Waals surface area (Å²) in [7, 11) is 1.74.